The third-order valence-electron chi connectivity index (χ3n) is 5.46. The van der Waals surface area contributed by atoms with Crippen molar-refractivity contribution in [3.8, 4) is 0 Å². The number of benzene rings is 2. The normalized spacial score (nSPS) is 12.8. The van der Waals surface area contributed by atoms with Gasteiger partial charge in [-0.05, 0) is 29.3 Å². The number of rotatable bonds is 11. The van der Waals surface area contributed by atoms with Gasteiger partial charge in [-0.25, -0.2) is 9.59 Å². The molecule has 32 heavy (non-hydrogen) atoms. The maximum absolute atomic E-state index is 12.8. The number of esters is 2. The molecule has 2 aromatic carbocycles. The number of hydrogen-bond acceptors (Lipinski definition) is 6. The van der Waals surface area contributed by atoms with Gasteiger partial charge in [0.2, 0.25) is 0 Å². The van der Waals surface area contributed by atoms with Crippen molar-refractivity contribution in [2.45, 2.75) is 58.2 Å². The van der Waals surface area contributed by atoms with Gasteiger partial charge in [-0.15, -0.1) is 0 Å². The van der Waals surface area contributed by atoms with Crippen molar-refractivity contribution >= 4 is 20.3 Å². The van der Waals surface area contributed by atoms with Crippen LogP contribution in [-0.4, -0.2) is 39.6 Å². The Morgan fingerprint density at radius 2 is 1.38 bits per heavy atom. The lowest BCUT2D eigenvalue weighted by Gasteiger charge is -2.38. The zero-order valence-corrected chi connectivity index (χ0v) is 20.6. The Bertz CT molecular complexity index is 846. The summed E-state index contributed by atoms with van der Waals surface area (Å²) < 4.78 is 22.4. The smallest absolute Gasteiger partial charge is 0.344 e. The van der Waals surface area contributed by atoms with E-state index in [9.17, 15) is 9.59 Å². The Balaban J connectivity index is 1.91. The molecule has 1 unspecified atom stereocenters. The molecule has 0 aliphatic heterocycles. The lowest BCUT2D eigenvalue weighted by atomic mass is 10.2. The molecule has 0 spiro atoms. The highest BCUT2D eigenvalue weighted by molar-refractivity contribution is 6.74. The summed E-state index contributed by atoms with van der Waals surface area (Å²) in [5.74, 6) is -1.24. The molecule has 0 saturated heterocycles. The Hall–Kier alpha value is -2.48. The molecule has 2 rings (SSSR count). The molecule has 0 N–H and O–H groups in total. The average Bonchev–Trinajstić information content (AvgIpc) is 2.76. The van der Waals surface area contributed by atoms with Gasteiger partial charge in [0.15, 0.2) is 21.0 Å². The second-order valence-electron chi connectivity index (χ2n) is 9.12. The highest BCUT2D eigenvalue weighted by atomic mass is 28.4. The Morgan fingerprint density at radius 3 is 1.91 bits per heavy atom. The summed E-state index contributed by atoms with van der Waals surface area (Å²) in [6.07, 6.45) is -0.915. The van der Waals surface area contributed by atoms with Crippen LogP contribution < -0.4 is 0 Å². The van der Waals surface area contributed by atoms with Crippen LogP contribution >= 0.6 is 0 Å². The molecule has 0 aromatic heterocycles. The van der Waals surface area contributed by atoms with Gasteiger partial charge in [0.1, 0.15) is 6.61 Å². The second-order valence-corrected chi connectivity index (χ2v) is 13.9. The molecule has 2 aromatic rings. The van der Waals surface area contributed by atoms with Gasteiger partial charge >= 0.3 is 11.9 Å². The Kier molecular flexibility index (Phi) is 9.62. The van der Waals surface area contributed by atoms with E-state index in [1.807, 2.05) is 60.7 Å². The summed E-state index contributed by atoms with van der Waals surface area (Å²) in [5, 5.41) is -0.0976. The quantitative estimate of drug-likeness (QED) is 0.353. The van der Waals surface area contributed by atoms with Crippen LogP contribution in [0.15, 0.2) is 60.7 Å². The van der Waals surface area contributed by atoms with E-state index in [0.29, 0.717) is 6.61 Å². The molecule has 0 amide bonds. The molecule has 0 aliphatic rings. The minimum Gasteiger partial charge on any atom is -0.458 e. The molecule has 7 heteroatoms. The summed E-state index contributed by atoms with van der Waals surface area (Å²) in [6.45, 7) is 10.4. The monoisotopic (exact) mass is 458 g/mol. The number of ether oxygens (including phenoxy) is 3. The fourth-order valence-electron chi connectivity index (χ4n) is 2.54. The van der Waals surface area contributed by atoms with Crippen LogP contribution in [0.25, 0.3) is 0 Å². The van der Waals surface area contributed by atoms with Crippen LogP contribution in [-0.2, 0) is 41.4 Å². The molecule has 0 aliphatic carbocycles. The van der Waals surface area contributed by atoms with E-state index in [2.05, 4.69) is 33.9 Å². The fourth-order valence-corrected chi connectivity index (χ4v) is 3.77. The fraction of sp³-hybridized carbons (Fsp3) is 0.440. The van der Waals surface area contributed by atoms with Crippen LogP contribution in [0.5, 0.6) is 0 Å². The minimum atomic E-state index is -2.27. The third-order valence-corrected chi connectivity index (χ3v) is 9.95. The molecule has 0 fully saturated rings. The lowest BCUT2D eigenvalue weighted by molar-refractivity contribution is -0.166. The first kappa shape index (κ1) is 25.8. The molecule has 174 valence electrons. The number of carbonyl (C=O) groups is 2. The largest absolute Gasteiger partial charge is 0.458 e. The van der Waals surface area contributed by atoms with E-state index in [1.165, 1.54) is 0 Å². The summed E-state index contributed by atoms with van der Waals surface area (Å²) >= 11 is 0. The molecule has 0 saturated carbocycles. The van der Waals surface area contributed by atoms with Gasteiger partial charge in [0.25, 0.3) is 0 Å². The predicted molar refractivity (Wildman–Crippen MR) is 125 cm³/mol. The third kappa shape index (κ3) is 8.57. The van der Waals surface area contributed by atoms with Gasteiger partial charge in [0.05, 0.1) is 13.2 Å². The van der Waals surface area contributed by atoms with E-state index in [0.717, 1.165) is 11.1 Å². The van der Waals surface area contributed by atoms with Crippen LogP contribution in [0.4, 0.5) is 0 Å². The van der Waals surface area contributed by atoms with E-state index in [-0.39, 0.29) is 18.3 Å². The molecule has 1 atom stereocenters. The molecule has 0 radical (unpaired) electrons. The maximum Gasteiger partial charge on any atom is 0.344 e. The van der Waals surface area contributed by atoms with Crippen molar-refractivity contribution in [1.29, 1.82) is 0 Å². The first-order valence-electron chi connectivity index (χ1n) is 10.7. The molecular formula is C25H34O6Si. The zero-order valence-electron chi connectivity index (χ0n) is 19.6. The van der Waals surface area contributed by atoms with Crippen LogP contribution in [0, 0.1) is 0 Å². The van der Waals surface area contributed by atoms with Crippen LogP contribution in [0.1, 0.15) is 31.9 Å². The van der Waals surface area contributed by atoms with Crippen molar-refractivity contribution in [3.63, 3.8) is 0 Å². The van der Waals surface area contributed by atoms with Gasteiger partial charge in [-0.3, -0.25) is 0 Å². The predicted octanol–water partition coefficient (Wildman–Crippen LogP) is 4.88. The highest BCUT2D eigenvalue weighted by Gasteiger charge is 2.41. The van der Waals surface area contributed by atoms with E-state index in [1.54, 1.807) is 0 Å². The molecule has 0 heterocycles. The highest BCUT2D eigenvalue weighted by Crippen LogP contribution is 2.37. The first-order valence-corrected chi connectivity index (χ1v) is 13.6. The van der Waals surface area contributed by atoms with E-state index in [4.69, 9.17) is 18.6 Å². The number of hydrogen-bond donors (Lipinski definition) is 0. The van der Waals surface area contributed by atoms with Crippen LogP contribution in [0.2, 0.25) is 18.1 Å². The SMILES string of the molecule is CC(C)(C)[Si](C)(C)OC(COCc1ccccc1)C(=O)OCC(=O)OCc1ccccc1. The van der Waals surface area contributed by atoms with Crippen LogP contribution in [0.3, 0.4) is 0 Å². The molecular weight excluding hydrogens is 424 g/mol. The molecule has 6 nitrogen and oxygen atoms in total. The summed E-state index contributed by atoms with van der Waals surface area (Å²) in [7, 11) is -2.27. The van der Waals surface area contributed by atoms with E-state index < -0.39 is 33.0 Å². The van der Waals surface area contributed by atoms with Gasteiger partial charge in [0, 0.05) is 0 Å². The van der Waals surface area contributed by atoms with Crippen molar-refractivity contribution in [3.05, 3.63) is 71.8 Å². The summed E-state index contributed by atoms with van der Waals surface area (Å²) in [6, 6.07) is 19.0. The van der Waals surface area contributed by atoms with Gasteiger partial charge < -0.3 is 18.6 Å². The molecule has 0 bridgehead atoms. The van der Waals surface area contributed by atoms with Crippen molar-refractivity contribution in [1.82, 2.24) is 0 Å². The number of carbonyl (C=O) groups excluding carboxylic acids is 2. The topological polar surface area (TPSA) is 71.1 Å². The van der Waals surface area contributed by atoms with Gasteiger partial charge in [-0.1, -0.05) is 81.4 Å². The summed E-state index contributed by atoms with van der Waals surface area (Å²) in [5.41, 5.74) is 1.86. The Morgan fingerprint density at radius 1 is 0.844 bits per heavy atom. The maximum atomic E-state index is 12.8. The van der Waals surface area contributed by atoms with Crippen molar-refractivity contribution < 1.29 is 28.2 Å². The summed E-state index contributed by atoms with van der Waals surface area (Å²) in [4.78, 5) is 24.8. The zero-order chi connectivity index (χ0) is 23.6. The van der Waals surface area contributed by atoms with Crippen molar-refractivity contribution in [2.75, 3.05) is 13.2 Å². The van der Waals surface area contributed by atoms with E-state index >= 15 is 0 Å². The lowest BCUT2D eigenvalue weighted by Crippen LogP contribution is -2.48. The van der Waals surface area contributed by atoms with Gasteiger partial charge in [-0.2, -0.15) is 0 Å². The van der Waals surface area contributed by atoms with Crippen molar-refractivity contribution in [2.24, 2.45) is 0 Å². The first-order chi connectivity index (χ1) is 15.1. The standard InChI is InChI=1S/C25H34O6Si/c1-25(2,3)32(4,5)31-22(18-28-16-20-12-8-6-9-13-20)24(27)30-19-23(26)29-17-21-14-10-7-11-15-21/h6-15,22H,16-19H2,1-5H3. The Labute approximate surface area is 192 Å². The second kappa shape index (κ2) is 11.9. The average molecular weight is 459 g/mol. The minimum absolute atomic E-state index is 0.0410.